The number of methoxy groups -OCH3 is 1. The molecule has 174 valence electrons. The van der Waals surface area contributed by atoms with E-state index in [2.05, 4.69) is 20.4 Å². The summed E-state index contributed by atoms with van der Waals surface area (Å²) in [6, 6.07) is 13.2. The zero-order valence-corrected chi connectivity index (χ0v) is 17.9. The molecule has 3 aromatic rings. The summed E-state index contributed by atoms with van der Waals surface area (Å²) >= 11 is 0. The van der Waals surface area contributed by atoms with Crippen LogP contribution >= 0.6 is 0 Å². The molecule has 2 aromatic carbocycles. The van der Waals surface area contributed by atoms with E-state index in [1.807, 2.05) is 18.2 Å². The van der Waals surface area contributed by atoms with Crippen LogP contribution in [-0.4, -0.2) is 40.7 Å². The van der Waals surface area contributed by atoms with Crippen LogP contribution in [0.3, 0.4) is 0 Å². The number of rotatable bonds is 9. The Hall–Kier alpha value is -3.99. The maximum atomic E-state index is 12.6. The quantitative estimate of drug-likeness (QED) is 0.334. The average molecular weight is 459 g/mol. The van der Waals surface area contributed by atoms with Crippen LogP contribution < -0.4 is 20.6 Å². The molecule has 0 aliphatic carbocycles. The summed E-state index contributed by atoms with van der Waals surface area (Å²) in [7, 11) is 1.31. The highest BCUT2D eigenvalue weighted by atomic mass is 19.3. The van der Waals surface area contributed by atoms with Gasteiger partial charge in [-0.15, -0.1) is 0 Å². The van der Waals surface area contributed by atoms with Gasteiger partial charge < -0.3 is 20.3 Å². The van der Waals surface area contributed by atoms with Gasteiger partial charge in [0, 0.05) is 0 Å². The van der Waals surface area contributed by atoms with E-state index in [0.717, 1.165) is 0 Å². The number of aliphatic hydroxyl groups excluding tert-OH is 1. The van der Waals surface area contributed by atoms with E-state index in [4.69, 9.17) is 10.5 Å². The molecule has 9 nitrogen and oxygen atoms in total. The number of hydrogen-bond acceptors (Lipinski definition) is 7. The third kappa shape index (κ3) is 5.83. The number of carbonyl (C=O) groups excluding carboxylic acids is 1. The van der Waals surface area contributed by atoms with Crippen LogP contribution in [0.4, 0.5) is 14.6 Å². The van der Waals surface area contributed by atoms with Crippen molar-refractivity contribution in [3.05, 3.63) is 70.9 Å². The Bertz CT molecular complexity index is 1140. The Morgan fingerprint density at radius 1 is 1.27 bits per heavy atom. The second-order valence-electron chi connectivity index (χ2n) is 6.94. The zero-order chi connectivity index (χ0) is 24.0. The number of aromatic nitrogens is 2. The van der Waals surface area contributed by atoms with Crippen molar-refractivity contribution in [1.29, 1.82) is 0 Å². The van der Waals surface area contributed by atoms with E-state index in [1.165, 1.54) is 36.2 Å². The van der Waals surface area contributed by atoms with Gasteiger partial charge in [-0.25, -0.2) is 10.1 Å². The molecule has 11 heteroatoms. The Morgan fingerprint density at radius 2 is 2.00 bits per heavy atom. The van der Waals surface area contributed by atoms with Crippen LogP contribution in [0.25, 0.3) is 0 Å². The normalized spacial score (nSPS) is 12.2. The molecule has 0 aliphatic heterocycles. The molecule has 3 rings (SSSR count). The van der Waals surface area contributed by atoms with Gasteiger partial charge in [-0.1, -0.05) is 30.3 Å². The first-order valence-corrected chi connectivity index (χ1v) is 9.82. The molecule has 0 aliphatic rings. The lowest BCUT2D eigenvalue weighted by molar-refractivity contribution is -0.0512. The topological polar surface area (TPSA) is 124 Å². The molecule has 33 heavy (non-hydrogen) atoms. The third-order valence-electron chi connectivity index (χ3n) is 4.71. The maximum absolute atomic E-state index is 12.6. The van der Waals surface area contributed by atoms with Crippen molar-refractivity contribution in [1.82, 2.24) is 15.2 Å². The number of ether oxygens (including phenoxy) is 2. The van der Waals surface area contributed by atoms with Gasteiger partial charge in [-0.05, 0) is 36.2 Å². The Labute approximate surface area is 188 Å². The first kappa shape index (κ1) is 23.7. The van der Waals surface area contributed by atoms with E-state index >= 15 is 0 Å². The molecular formula is C22H23F2N5O4. The zero-order valence-electron chi connectivity index (χ0n) is 17.9. The van der Waals surface area contributed by atoms with Crippen LogP contribution in [0.2, 0.25) is 0 Å². The third-order valence-corrected chi connectivity index (χ3v) is 4.71. The number of hydrazone groups is 1. The van der Waals surface area contributed by atoms with Crippen molar-refractivity contribution >= 4 is 17.9 Å². The van der Waals surface area contributed by atoms with Gasteiger partial charge in [-0.3, -0.25) is 4.79 Å². The predicted octanol–water partition coefficient (Wildman–Crippen LogP) is 2.88. The standard InChI is InChI=1S/C22H23F2N5O4/c1-13-19(20(25)29(28-13)12-16(30)15-6-4-3-5-7-15)21(31)27-26-11-14-8-9-17(33-22(23)24)18(10-14)32-2/h3-11,16,22,30H,12,25H2,1-2H3,(H,27,31)/b26-11-. The van der Waals surface area contributed by atoms with Crippen molar-refractivity contribution in [2.75, 3.05) is 12.8 Å². The molecule has 1 atom stereocenters. The second-order valence-corrected chi connectivity index (χ2v) is 6.94. The number of benzene rings is 2. The van der Waals surface area contributed by atoms with Crippen molar-refractivity contribution in [3.8, 4) is 11.5 Å². The van der Waals surface area contributed by atoms with Gasteiger partial charge in [0.05, 0.1) is 31.7 Å². The van der Waals surface area contributed by atoms with Crippen molar-refractivity contribution in [2.45, 2.75) is 26.2 Å². The molecule has 0 spiro atoms. The molecule has 0 fully saturated rings. The highest BCUT2D eigenvalue weighted by Gasteiger charge is 2.21. The van der Waals surface area contributed by atoms with E-state index in [0.29, 0.717) is 16.8 Å². The fourth-order valence-corrected chi connectivity index (χ4v) is 3.14. The smallest absolute Gasteiger partial charge is 0.387 e. The number of nitrogen functional groups attached to an aromatic ring is 1. The summed E-state index contributed by atoms with van der Waals surface area (Å²) in [5.41, 5.74) is 10.1. The maximum Gasteiger partial charge on any atom is 0.387 e. The SMILES string of the molecule is COc1cc(/C=N\NC(=O)c2c(C)nn(CC(O)c3ccccc3)c2N)ccc1OC(F)F. The molecule has 0 saturated heterocycles. The fraction of sp³-hybridized carbons (Fsp3) is 0.227. The Balaban J connectivity index is 1.69. The average Bonchev–Trinajstić information content (AvgIpc) is 3.07. The number of halogens is 2. The summed E-state index contributed by atoms with van der Waals surface area (Å²) in [6.45, 7) is -1.30. The highest BCUT2D eigenvalue weighted by Crippen LogP contribution is 2.29. The van der Waals surface area contributed by atoms with Gasteiger partial charge in [0.15, 0.2) is 11.5 Å². The van der Waals surface area contributed by atoms with Crippen molar-refractivity contribution in [2.24, 2.45) is 5.10 Å². The Kier molecular flexibility index (Phi) is 7.57. The number of hydrogen-bond donors (Lipinski definition) is 3. The van der Waals surface area contributed by atoms with Crippen LogP contribution in [0.15, 0.2) is 53.6 Å². The number of nitrogens with zero attached hydrogens (tertiary/aromatic N) is 3. The van der Waals surface area contributed by atoms with Crippen LogP contribution in [-0.2, 0) is 6.54 Å². The summed E-state index contributed by atoms with van der Waals surface area (Å²) in [5, 5.41) is 18.5. The molecule has 1 amide bonds. The molecule has 0 bridgehead atoms. The van der Waals surface area contributed by atoms with Gasteiger partial charge in [0.25, 0.3) is 5.91 Å². The van der Waals surface area contributed by atoms with E-state index in [9.17, 15) is 18.7 Å². The number of alkyl halides is 2. The lowest BCUT2D eigenvalue weighted by Crippen LogP contribution is -2.20. The fourth-order valence-electron chi connectivity index (χ4n) is 3.14. The second kappa shape index (κ2) is 10.6. The van der Waals surface area contributed by atoms with Gasteiger partial charge in [0.1, 0.15) is 11.4 Å². The molecule has 1 unspecified atom stereocenters. The Morgan fingerprint density at radius 3 is 2.67 bits per heavy atom. The lowest BCUT2D eigenvalue weighted by atomic mass is 10.1. The summed E-state index contributed by atoms with van der Waals surface area (Å²) < 4.78 is 35.6. The van der Waals surface area contributed by atoms with Crippen molar-refractivity contribution < 1.29 is 28.2 Å². The predicted molar refractivity (Wildman–Crippen MR) is 117 cm³/mol. The molecule has 0 saturated carbocycles. The number of nitrogens with one attached hydrogen (secondary N) is 1. The van der Waals surface area contributed by atoms with E-state index in [-0.39, 0.29) is 29.4 Å². The number of aryl methyl sites for hydroxylation is 1. The van der Waals surface area contributed by atoms with Crippen LogP contribution in [0, 0.1) is 6.92 Å². The first-order valence-electron chi connectivity index (χ1n) is 9.82. The van der Waals surface area contributed by atoms with Crippen LogP contribution in [0.5, 0.6) is 11.5 Å². The summed E-state index contributed by atoms with van der Waals surface area (Å²) in [4.78, 5) is 12.6. The van der Waals surface area contributed by atoms with Gasteiger partial charge >= 0.3 is 6.61 Å². The van der Waals surface area contributed by atoms with Crippen molar-refractivity contribution in [3.63, 3.8) is 0 Å². The minimum Gasteiger partial charge on any atom is -0.493 e. The minimum absolute atomic E-state index is 0.0695. The number of anilines is 1. The number of amides is 1. The molecule has 0 radical (unpaired) electrons. The summed E-state index contributed by atoms with van der Waals surface area (Å²) in [6.07, 6.45) is 0.454. The number of carbonyl (C=O) groups is 1. The van der Waals surface area contributed by atoms with E-state index in [1.54, 1.807) is 19.1 Å². The number of nitrogens with two attached hydrogens (primary N) is 1. The van der Waals surface area contributed by atoms with Crippen LogP contribution in [0.1, 0.15) is 33.3 Å². The molecule has 4 N–H and O–H groups in total. The summed E-state index contributed by atoms with van der Waals surface area (Å²) in [5.74, 6) is -0.539. The number of aliphatic hydroxyl groups is 1. The largest absolute Gasteiger partial charge is 0.493 e. The molecule has 1 aromatic heterocycles. The monoisotopic (exact) mass is 459 g/mol. The molecule has 1 heterocycles. The minimum atomic E-state index is -2.99. The molecular weight excluding hydrogens is 436 g/mol. The lowest BCUT2D eigenvalue weighted by Gasteiger charge is -2.12. The first-order chi connectivity index (χ1) is 15.8. The van der Waals surface area contributed by atoms with Gasteiger partial charge in [-0.2, -0.15) is 19.0 Å². The van der Waals surface area contributed by atoms with E-state index < -0.39 is 18.6 Å². The highest BCUT2D eigenvalue weighted by molar-refractivity contribution is 6.00. The van der Waals surface area contributed by atoms with Gasteiger partial charge in [0.2, 0.25) is 0 Å².